The van der Waals surface area contributed by atoms with Crippen molar-refractivity contribution in [3.8, 4) is 11.1 Å². The number of hydrogen-bond acceptors (Lipinski definition) is 5. The van der Waals surface area contributed by atoms with E-state index in [9.17, 15) is 23.5 Å². The molecule has 1 saturated heterocycles. The Bertz CT molecular complexity index is 1040. The highest BCUT2D eigenvalue weighted by atomic mass is 19.1. The van der Waals surface area contributed by atoms with E-state index in [1.807, 2.05) is 0 Å². The monoisotopic (exact) mass is 444 g/mol. The zero-order valence-electron chi connectivity index (χ0n) is 17.8. The maximum absolute atomic E-state index is 14.8. The highest BCUT2D eigenvalue weighted by molar-refractivity contribution is 5.96. The molecular formula is C23H26F2N4O3. The van der Waals surface area contributed by atoms with Crippen molar-refractivity contribution in [2.24, 2.45) is 0 Å². The topological polar surface area (TPSA) is 98.9 Å². The van der Waals surface area contributed by atoms with E-state index in [-0.39, 0.29) is 37.6 Å². The van der Waals surface area contributed by atoms with Gasteiger partial charge >= 0.3 is 0 Å². The maximum atomic E-state index is 14.8. The second-order valence-electron chi connectivity index (χ2n) is 8.37. The van der Waals surface area contributed by atoms with Crippen LogP contribution in [0.4, 0.5) is 14.5 Å². The van der Waals surface area contributed by atoms with Crippen LogP contribution in [0, 0.1) is 11.6 Å². The van der Waals surface area contributed by atoms with Crippen LogP contribution < -0.4 is 11.1 Å². The van der Waals surface area contributed by atoms with Crippen LogP contribution in [0.5, 0.6) is 0 Å². The fourth-order valence-electron chi connectivity index (χ4n) is 3.97. The summed E-state index contributed by atoms with van der Waals surface area (Å²) in [5.41, 5.74) is 6.34. The van der Waals surface area contributed by atoms with Crippen molar-refractivity contribution in [2.75, 3.05) is 39.0 Å². The van der Waals surface area contributed by atoms with Crippen LogP contribution in [0.1, 0.15) is 28.8 Å². The summed E-state index contributed by atoms with van der Waals surface area (Å²) in [6.07, 6.45) is 0.884. The van der Waals surface area contributed by atoms with E-state index in [1.54, 1.807) is 25.2 Å². The van der Waals surface area contributed by atoms with Gasteiger partial charge < -0.3 is 26.0 Å². The van der Waals surface area contributed by atoms with Crippen LogP contribution >= 0.6 is 0 Å². The number of halogens is 2. The minimum atomic E-state index is -1.27. The first-order valence-corrected chi connectivity index (χ1v) is 10.6. The Morgan fingerprint density at radius 3 is 2.16 bits per heavy atom. The van der Waals surface area contributed by atoms with E-state index >= 15 is 0 Å². The second-order valence-corrected chi connectivity index (χ2v) is 8.37. The first-order valence-electron chi connectivity index (χ1n) is 10.6. The fraction of sp³-hybridized carbons (Fsp3) is 0.391. The van der Waals surface area contributed by atoms with Crippen molar-refractivity contribution in [1.29, 1.82) is 0 Å². The summed E-state index contributed by atoms with van der Waals surface area (Å²) in [7, 11) is 1.79. The van der Waals surface area contributed by atoms with E-state index in [2.05, 4.69) is 5.32 Å². The van der Waals surface area contributed by atoms with Gasteiger partial charge in [-0.2, -0.15) is 0 Å². The van der Waals surface area contributed by atoms with Crippen molar-refractivity contribution in [2.45, 2.75) is 25.0 Å². The highest BCUT2D eigenvalue weighted by Crippen LogP contribution is 2.37. The van der Waals surface area contributed by atoms with Gasteiger partial charge in [0.1, 0.15) is 22.8 Å². The van der Waals surface area contributed by atoms with E-state index in [0.29, 0.717) is 30.6 Å². The Hall–Kier alpha value is -3.04. The first kappa shape index (κ1) is 22.2. The SMILES string of the molecule is CNCc1ccc(-c2cc(F)c(C(=O)N3CCN(C(=O)C4(O)CC4)CC3)c(F)c2)cc1N. The van der Waals surface area contributed by atoms with Gasteiger partial charge in [-0.05, 0) is 54.8 Å². The Balaban J connectivity index is 1.49. The number of carbonyl (C=O) groups excluding carboxylic acids is 2. The molecule has 2 fully saturated rings. The molecule has 1 aliphatic heterocycles. The van der Waals surface area contributed by atoms with Gasteiger partial charge in [0.05, 0.1) is 0 Å². The maximum Gasteiger partial charge on any atom is 0.259 e. The average molecular weight is 444 g/mol. The largest absolute Gasteiger partial charge is 0.398 e. The minimum absolute atomic E-state index is 0.144. The predicted octanol–water partition coefficient (Wildman–Crippen LogP) is 1.74. The molecule has 2 amide bonds. The van der Waals surface area contributed by atoms with Gasteiger partial charge in [-0.1, -0.05) is 12.1 Å². The number of piperazine rings is 1. The molecule has 9 heteroatoms. The summed E-state index contributed by atoms with van der Waals surface area (Å²) in [6, 6.07) is 7.42. The Kier molecular flexibility index (Phi) is 5.87. The van der Waals surface area contributed by atoms with E-state index in [1.165, 1.54) is 9.80 Å². The third kappa shape index (κ3) is 4.18. The summed E-state index contributed by atoms with van der Waals surface area (Å²) in [6.45, 7) is 1.29. The van der Waals surface area contributed by atoms with Crippen molar-refractivity contribution >= 4 is 17.5 Å². The van der Waals surface area contributed by atoms with Gasteiger partial charge in [0, 0.05) is 38.4 Å². The number of benzene rings is 2. The van der Waals surface area contributed by atoms with Crippen LogP contribution in [0.15, 0.2) is 30.3 Å². The molecule has 0 atom stereocenters. The molecule has 0 aromatic heterocycles. The zero-order valence-corrected chi connectivity index (χ0v) is 17.8. The van der Waals surface area contributed by atoms with Crippen molar-refractivity contribution in [1.82, 2.24) is 15.1 Å². The Morgan fingerprint density at radius 2 is 1.62 bits per heavy atom. The molecule has 1 heterocycles. The van der Waals surface area contributed by atoms with Gasteiger partial charge in [0.25, 0.3) is 11.8 Å². The standard InChI is InChI=1S/C23H26F2N4O3/c1-27-13-15-3-2-14(12-19(15)26)16-10-17(24)20(18(25)11-16)21(30)28-6-8-29(9-7-28)22(31)23(32)4-5-23/h2-3,10-12,27,32H,4-9,13,26H2,1H3. The molecule has 4 rings (SSSR count). The van der Waals surface area contributed by atoms with Crippen LogP contribution in [0.2, 0.25) is 0 Å². The number of carbonyl (C=O) groups is 2. The number of amides is 2. The van der Waals surface area contributed by atoms with Gasteiger partial charge in [0.15, 0.2) is 0 Å². The molecule has 7 nitrogen and oxygen atoms in total. The molecular weight excluding hydrogens is 418 g/mol. The lowest BCUT2D eigenvalue weighted by Gasteiger charge is -2.35. The smallest absolute Gasteiger partial charge is 0.259 e. The lowest BCUT2D eigenvalue weighted by molar-refractivity contribution is -0.143. The zero-order chi connectivity index (χ0) is 23.0. The molecule has 2 aromatic rings. The van der Waals surface area contributed by atoms with Crippen LogP contribution in [0.3, 0.4) is 0 Å². The van der Waals surface area contributed by atoms with Gasteiger partial charge in [-0.3, -0.25) is 9.59 Å². The van der Waals surface area contributed by atoms with E-state index in [0.717, 1.165) is 17.7 Å². The van der Waals surface area contributed by atoms with E-state index in [4.69, 9.17) is 5.73 Å². The normalized spacial score (nSPS) is 17.4. The lowest BCUT2D eigenvalue weighted by Crippen LogP contribution is -2.53. The molecule has 0 bridgehead atoms. The third-order valence-electron chi connectivity index (χ3n) is 6.08. The molecule has 2 aliphatic rings. The molecule has 2 aromatic carbocycles. The fourth-order valence-corrected chi connectivity index (χ4v) is 3.97. The first-order chi connectivity index (χ1) is 15.2. The quantitative estimate of drug-likeness (QED) is 0.611. The number of anilines is 1. The third-order valence-corrected chi connectivity index (χ3v) is 6.08. The van der Waals surface area contributed by atoms with E-state index < -0.39 is 28.7 Å². The molecule has 4 N–H and O–H groups in total. The Labute approximate surface area is 184 Å². The molecule has 0 radical (unpaired) electrons. The predicted molar refractivity (Wildman–Crippen MR) is 116 cm³/mol. The van der Waals surface area contributed by atoms with Crippen molar-refractivity contribution in [3.63, 3.8) is 0 Å². The summed E-state index contributed by atoms with van der Waals surface area (Å²) >= 11 is 0. The van der Waals surface area contributed by atoms with Crippen LogP contribution in [-0.4, -0.2) is 65.5 Å². The van der Waals surface area contributed by atoms with Gasteiger partial charge in [0.2, 0.25) is 0 Å². The number of aliphatic hydroxyl groups is 1. The minimum Gasteiger partial charge on any atom is -0.398 e. The van der Waals surface area contributed by atoms with Gasteiger partial charge in [-0.25, -0.2) is 8.78 Å². The van der Waals surface area contributed by atoms with Crippen LogP contribution in [-0.2, 0) is 11.3 Å². The van der Waals surface area contributed by atoms with Crippen molar-refractivity contribution in [3.05, 3.63) is 53.1 Å². The number of nitrogens with zero attached hydrogens (tertiary/aromatic N) is 2. The number of nitrogen functional groups attached to an aromatic ring is 1. The average Bonchev–Trinajstić information content (AvgIpc) is 3.52. The number of nitrogens with one attached hydrogen (secondary N) is 1. The molecule has 0 unspecified atom stereocenters. The summed E-state index contributed by atoms with van der Waals surface area (Å²) < 4.78 is 29.7. The van der Waals surface area contributed by atoms with Crippen LogP contribution in [0.25, 0.3) is 11.1 Å². The molecule has 170 valence electrons. The number of nitrogens with two attached hydrogens (primary N) is 1. The molecule has 1 saturated carbocycles. The summed E-state index contributed by atoms with van der Waals surface area (Å²) in [5, 5.41) is 13.0. The highest BCUT2D eigenvalue weighted by Gasteiger charge is 2.50. The molecule has 32 heavy (non-hydrogen) atoms. The number of rotatable bonds is 5. The summed E-state index contributed by atoms with van der Waals surface area (Å²) in [5.74, 6) is -3.00. The van der Waals surface area contributed by atoms with Crippen molar-refractivity contribution < 1.29 is 23.5 Å². The summed E-state index contributed by atoms with van der Waals surface area (Å²) in [4.78, 5) is 27.9. The molecule has 0 spiro atoms. The Morgan fingerprint density at radius 1 is 1.03 bits per heavy atom. The molecule has 1 aliphatic carbocycles. The van der Waals surface area contributed by atoms with Gasteiger partial charge in [-0.15, -0.1) is 0 Å². The number of hydrogen-bond donors (Lipinski definition) is 3. The lowest BCUT2D eigenvalue weighted by atomic mass is 9.99. The second kappa shape index (κ2) is 8.48.